The van der Waals surface area contributed by atoms with Crippen molar-refractivity contribution in [3.8, 4) is 17.2 Å². The number of likely N-dealkylation sites (tertiary alicyclic amines) is 1. The Bertz CT molecular complexity index is 1060. The minimum absolute atomic E-state index is 0.101. The minimum atomic E-state index is -1.68. The van der Waals surface area contributed by atoms with Gasteiger partial charge in [-0.25, -0.2) is 13.2 Å². The Morgan fingerprint density at radius 2 is 1.77 bits per heavy atom. The summed E-state index contributed by atoms with van der Waals surface area (Å²) in [6.07, 6.45) is 0.730. The van der Waals surface area contributed by atoms with Crippen LogP contribution in [0.15, 0.2) is 24.3 Å². The molecule has 164 valence electrons. The lowest BCUT2D eigenvalue weighted by atomic mass is 9.82. The van der Waals surface area contributed by atoms with Crippen LogP contribution >= 0.6 is 0 Å². The summed E-state index contributed by atoms with van der Waals surface area (Å²) >= 11 is 0. The van der Waals surface area contributed by atoms with Gasteiger partial charge in [0.25, 0.3) is 5.91 Å². The molecule has 0 N–H and O–H groups in total. The number of hydrogen-bond acceptors (Lipinski definition) is 5. The second-order valence-corrected chi connectivity index (χ2v) is 7.60. The highest BCUT2D eigenvalue weighted by atomic mass is 19.2. The predicted octanol–water partition coefficient (Wildman–Crippen LogP) is 3.76. The van der Waals surface area contributed by atoms with Crippen molar-refractivity contribution < 1.29 is 37.0 Å². The Morgan fingerprint density at radius 3 is 2.42 bits per heavy atom. The molecule has 0 radical (unpaired) electrons. The molecule has 6 nitrogen and oxygen atoms in total. The summed E-state index contributed by atoms with van der Waals surface area (Å²) in [5, 5.41) is 0. The molecule has 2 aliphatic rings. The molecule has 1 fully saturated rings. The Hall–Kier alpha value is -3.23. The summed E-state index contributed by atoms with van der Waals surface area (Å²) in [6, 6.07) is 4.87. The van der Waals surface area contributed by atoms with E-state index >= 15 is 0 Å². The minimum Gasteiger partial charge on any atom is -0.496 e. The van der Waals surface area contributed by atoms with Gasteiger partial charge in [0, 0.05) is 38.1 Å². The first-order valence-electron chi connectivity index (χ1n) is 9.69. The van der Waals surface area contributed by atoms with Gasteiger partial charge in [-0.15, -0.1) is 0 Å². The highest BCUT2D eigenvalue weighted by molar-refractivity contribution is 6.03. The number of ketones is 1. The van der Waals surface area contributed by atoms with E-state index in [1.807, 2.05) is 0 Å². The zero-order chi connectivity index (χ0) is 22.3. The van der Waals surface area contributed by atoms with E-state index in [1.54, 1.807) is 12.1 Å². The van der Waals surface area contributed by atoms with Gasteiger partial charge < -0.3 is 19.1 Å². The number of rotatable bonds is 3. The number of carbonyl (C=O) groups is 2. The smallest absolute Gasteiger partial charge is 0.256 e. The number of benzene rings is 2. The molecule has 0 atom stereocenters. The van der Waals surface area contributed by atoms with Crippen LogP contribution in [0, 0.1) is 17.5 Å². The fraction of sp³-hybridized carbons (Fsp3) is 0.364. The largest absolute Gasteiger partial charge is 0.496 e. The fourth-order valence-corrected chi connectivity index (χ4v) is 4.11. The number of piperidine rings is 1. The number of halogens is 3. The second kappa shape index (κ2) is 7.79. The van der Waals surface area contributed by atoms with Gasteiger partial charge in [-0.2, -0.15) is 0 Å². The Kier molecular flexibility index (Phi) is 5.28. The van der Waals surface area contributed by atoms with Crippen molar-refractivity contribution in [2.75, 3.05) is 27.3 Å². The summed E-state index contributed by atoms with van der Waals surface area (Å²) < 4.78 is 57.4. The van der Waals surface area contributed by atoms with E-state index in [1.165, 1.54) is 19.1 Å². The molecule has 0 unspecified atom stereocenters. The first-order chi connectivity index (χ1) is 14.8. The number of nitrogens with zero attached hydrogens (tertiary/aromatic N) is 1. The molecular weight excluding hydrogens is 415 g/mol. The first kappa shape index (κ1) is 21.0. The van der Waals surface area contributed by atoms with Crippen LogP contribution in [0.25, 0.3) is 0 Å². The van der Waals surface area contributed by atoms with Crippen LogP contribution < -0.4 is 14.2 Å². The number of fused-ring (bicyclic) bond motifs is 1. The number of methoxy groups -OCH3 is 2. The Morgan fingerprint density at radius 1 is 1.06 bits per heavy atom. The van der Waals surface area contributed by atoms with Crippen LogP contribution in [0.2, 0.25) is 0 Å². The molecule has 4 rings (SSSR count). The molecule has 31 heavy (non-hydrogen) atoms. The summed E-state index contributed by atoms with van der Waals surface area (Å²) in [5.74, 6) is -4.26. The van der Waals surface area contributed by atoms with Crippen LogP contribution in [-0.4, -0.2) is 49.5 Å². The van der Waals surface area contributed by atoms with Crippen molar-refractivity contribution in [1.82, 2.24) is 4.90 Å². The number of carbonyl (C=O) groups excluding carboxylic acids is 2. The van der Waals surface area contributed by atoms with E-state index in [2.05, 4.69) is 0 Å². The molecule has 2 heterocycles. The lowest BCUT2D eigenvalue weighted by molar-refractivity contribution is -0.00621. The zero-order valence-corrected chi connectivity index (χ0v) is 17.0. The van der Waals surface area contributed by atoms with Gasteiger partial charge in [-0.05, 0) is 12.1 Å². The van der Waals surface area contributed by atoms with Crippen molar-refractivity contribution in [1.29, 1.82) is 0 Å². The van der Waals surface area contributed by atoms with Crippen molar-refractivity contribution >= 4 is 11.7 Å². The van der Waals surface area contributed by atoms with Gasteiger partial charge in [0.2, 0.25) is 0 Å². The second-order valence-electron chi connectivity index (χ2n) is 7.60. The number of ether oxygens (including phenoxy) is 3. The van der Waals surface area contributed by atoms with E-state index < -0.39 is 34.5 Å². The zero-order valence-electron chi connectivity index (χ0n) is 17.0. The van der Waals surface area contributed by atoms with Crippen molar-refractivity contribution in [3.05, 3.63) is 52.8 Å². The summed E-state index contributed by atoms with van der Waals surface area (Å²) in [7, 11) is 2.94. The quantitative estimate of drug-likeness (QED) is 0.687. The van der Waals surface area contributed by atoms with E-state index in [0.717, 1.165) is 12.1 Å². The Labute approximate surface area is 176 Å². The molecule has 9 heteroatoms. The van der Waals surface area contributed by atoms with Gasteiger partial charge in [-0.1, -0.05) is 0 Å². The summed E-state index contributed by atoms with van der Waals surface area (Å²) in [4.78, 5) is 26.9. The molecule has 2 aromatic carbocycles. The highest BCUT2D eigenvalue weighted by Gasteiger charge is 2.45. The van der Waals surface area contributed by atoms with E-state index in [4.69, 9.17) is 14.2 Å². The van der Waals surface area contributed by atoms with Gasteiger partial charge in [0.15, 0.2) is 23.2 Å². The van der Waals surface area contributed by atoms with Crippen LogP contribution in [0.1, 0.15) is 40.0 Å². The normalized spacial score (nSPS) is 17.2. The third-order valence-corrected chi connectivity index (χ3v) is 5.81. The lowest BCUT2D eigenvalue weighted by Crippen LogP contribution is -2.52. The molecule has 0 aliphatic carbocycles. The number of amides is 1. The molecule has 0 bridgehead atoms. The monoisotopic (exact) mass is 435 g/mol. The van der Waals surface area contributed by atoms with Crippen LogP contribution in [0.3, 0.4) is 0 Å². The van der Waals surface area contributed by atoms with Gasteiger partial charge in [0.05, 0.1) is 26.2 Å². The average Bonchev–Trinajstić information content (AvgIpc) is 2.76. The Balaban J connectivity index is 1.54. The van der Waals surface area contributed by atoms with Crippen LogP contribution in [-0.2, 0) is 0 Å². The third-order valence-electron chi connectivity index (χ3n) is 5.81. The predicted molar refractivity (Wildman–Crippen MR) is 103 cm³/mol. The number of Topliss-reactive ketones (excluding diaryl/α,β-unsaturated/α-hetero) is 1. The molecule has 2 aliphatic heterocycles. The topological polar surface area (TPSA) is 65.1 Å². The van der Waals surface area contributed by atoms with Crippen molar-refractivity contribution in [2.45, 2.75) is 24.9 Å². The molecule has 1 amide bonds. The third kappa shape index (κ3) is 3.58. The molecule has 1 saturated heterocycles. The summed E-state index contributed by atoms with van der Waals surface area (Å²) in [5.41, 5.74) is -1.02. The lowest BCUT2D eigenvalue weighted by Gasteiger charge is -2.44. The summed E-state index contributed by atoms with van der Waals surface area (Å²) in [6.45, 7) is 0.335. The number of hydrogen-bond donors (Lipinski definition) is 0. The average molecular weight is 435 g/mol. The van der Waals surface area contributed by atoms with E-state index in [-0.39, 0.29) is 25.3 Å². The van der Waals surface area contributed by atoms with Gasteiger partial charge in [0.1, 0.15) is 28.4 Å². The van der Waals surface area contributed by atoms with Crippen LogP contribution in [0.4, 0.5) is 13.2 Å². The fourth-order valence-electron chi connectivity index (χ4n) is 4.11. The van der Waals surface area contributed by atoms with Gasteiger partial charge >= 0.3 is 0 Å². The SMILES string of the molecule is COc1cc(OC)c2c(c1)OC1(CCN(C(=O)c3ccc(F)c(F)c3F)CC1)CC2=O. The maximum Gasteiger partial charge on any atom is 0.256 e. The van der Waals surface area contributed by atoms with Crippen LogP contribution in [0.5, 0.6) is 17.2 Å². The molecule has 0 saturated carbocycles. The standard InChI is InChI=1S/C22H20F3NO5/c1-29-12-9-16(30-2)18-15(27)11-22(31-17(18)10-12)5-7-26(8-6-22)21(28)13-3-4-14(23)20(25)19(13)24/h3-4,9-10H,5-8,11H2,1-2H3. The highest BCUT2D eigenvalue weighted by Crippen LogP contribution is 2.44. The maximum absolute atomic E-state index is 14.0. The van der Waals surface area contributed by atoms with Crippen molar-refractivity contribution in [3.63, 3.8) is 0 Å². The molecule has 1 spiro atoms. The van der Waals surface area contributed by atoms with Crippen molar-refractivity contribution in [2.24, 2.45) is 0 Å². The van der Waals surface area contributed by atoms with Gasteiger partial charge in [-0.3, -0.25) is 9.59 Å². The maximum atomic E-state index is 14.0. The van der Waals surface area contributed by atoms with E-state index in [9.17, 15) is 22.8 Å². The molecule has 0 aromatic heterocycles. The molecule has 2 aromatic rings. The van der Waals surface area contributed by atoms with E-state index in [0.29, 0.717) is 35.7 Å². The first-order valence-corrected chi connectivity index (χ1v) is 9.69. The molecular formula is C22H20F3NO5.